The quantitative estimate of drug-likeness (QED) is 0.371. The minimum atomic E-state index is -2.17. The average Bonchev–Trinajstić information content (AvgIpc) is 1.62. The molecule has 0 saturated carbocycles. The molecule has 0 aromatic carbocycles. The van der Waals surface area contributed by atoms with Crippen LogP contribution in [0.25, 0.3) is 0 Å². The molecule has 10 heavy (non-hydrogen) atoms. The number of rotatable bonds is 2. The smallest absolute Gasteiger partial charge is 0.481 e. The molecule has 0 bridgehead atoms. The Hall–Kier alpha value is -0.585. The van der Waals surface area contributed by atoms with Gasteiger partial charge in [0.15, 0.2) is 0 Å². The predicted octanol–water partition coefficient (Wildman–Crippen LogP) is -1.18. The number of hydrogen-bond acceptors (Lipinski definition) is 4. The first kappa shape index (κ1) is 12.1. The number of aliphatic carboxylic acids is 1. The Morgan fingerprint density at radius 2 is 1.70 bits per heavy atom. The highest BCUT2D eigenvalue weighted by Crippen LogP contribution is 1.82. The normalized spacial score (nSPS) is 7.60. The summed E-state index contributed by atoms with van der Waals surface area (Å²) in [5, 5.41) is 29.4. The van der Waals surface area contributed by atoms with Gasteiger partial charge < -0.3 is 20.2 Å². The van der Waals surface area contributed by atoms with Crippen molar-refractivity contribution in [1.29, 1.82) is 0 Å². The van der Waals surface area contributed by atoms with Gasteiger partial charge in [-0.15, -0.1) is 0 Å². The van der Waals surface area contributed by atoms with Crippen molar-refractivity contribution in [2.24, 2.45) is 0 Å². The van der Waals surface area contributed by atoms with Gasteiger partial charge in [-0.1, -0.05) is 6.92 Å². The zero-order valence-corrected chi connectivity index (χ0v) is 5.69. The maximum atomic E-state index is 9.60. The van der Waals surface area contributed by atoms with Crippen molar-refractivity contribution in [2.45, 2.75) is 19.8 Å². The fraction of sp³-hybridized carbons (Fsp3) is 0.750. The first-order chi connectivity index (χ1) is 4.50. The first-order valence-electron chi connectivity index (χ1n) is 2.76. The molecule has 0 fully saturated rings. The molecule has 0 aliphatic heterocycles. The van der Waals surface area contributed by atoms with Crippen molar-refractivity contribution in [3.63, 3.8) is 0 Å². The van der Waals surface area contributed by atoms with Crippen LogP contribution in [-0.4, -0.2) is 33.5 Å². The van der Waals surface area contributed by atoms with E-state index in [9.17, 15) is 4.79 Å². The van der Waals surface area contributed by atoms with E-state index in [0.717, 1.165) is 6.42 Å². The predicted molar refractivity (Wildman–Crippen MR) is 35.0 cm³/mol. The summed E-state index contributed by atoms with van der Waals surface area (Å²) >= 11 is 0. The Morgan fingerprint density at radius 3 is 1.70 bits per heavy atom. The molecule has 0 atom stereocenters. The van der Waals surface area contributed by atoms with E-state index in [1.165, 1.54) is 0 Å². The van der Waals surface area contributed by atoms with E-state index in [1.807, 2.05) is 6.92 Å². The van der Waals surface area contributed by atoms with Crippen LogP contribution in [0.3, 0.4) is 0 Å². The second-order valence-corrected chi connectivity index (χ2v) is 1.49. The molecule has 0 heterocycles. The Bertz CT molecular complexity index is 81.0. The minimum Gasteiger partial charge on any atom is -0.481 e. The van der Waals surface area contributed by atoms with Crippen LogP contribution in [0.15, 0.2) is 0 Å². The van der Waals surface area contributed by atoms with E-state index in [-0.39, 0.29) is 0 Å². The molecule has 0 aromatic rings. The zero-order valence-electron chi connectivity index (χ0n) is 5.69. The van der Waals surface area contributed by atoms with Gasteiger partial charge >= 0.3 is 13.3 Å². The van der Waals surface area contributed by atoms with Crippen LogP contribution in [0, 0.1) is 0 Å². The Labute approximate surface area is 59.1 Å². The summed E-state index contributed by atoms with van der Waals surface area (Å²) in [4.78, 5) is 9.60. The number of carboxylic acid groups (broad SMARTS) is 1. The maximum absolute atomic E-state index is 9.60. The maximum Gasteiger partial charge on any atom is 0.631 e. The Balaban J connectivity index is 0. The lowest BCUT2D eigenvalue weighted by molar-refractivity contribution is -0.137. The monoisotopic (exact) mass is 150 g/mol. The van der Waals surface area contributed by atoms with E-state index in [2.05, 4.69) is 0 Å². The summed E-state index contributed by atoms with van der Waals surface area (Å²) in [6.45, 7) is 1.84. The number of hydrogen-bond donors (Lipinski definition) is 4. The summed E-state index contributed by atoms with van der Waals surface area (Å²) in [7, 11) is -2.17. The summed E-state index contributed by atoms with van der Waals surface area (Å²) in [5.74, 6) is -0.711. The Kier molecular flexibility index (Phi) is 10.2. The van der Waals surface area contributed by atoms with Gasteiger partial charge in [0.1, 0.15) is 0 Å². The summed E-state index contributed by atoms with van der Waals surface area (Å²) in [6.07, 6.45) is 1.02. The van der Waals surface area contributed by atoms with Crippen molar-refractivity contribution in [2.75, 3.05) is 0 Å². The van der Waals surface area contributed by atoms with Gasteiger partial charge in [0.2, 0.25) is 0 Å². The van der Waals surface area contributed by atoms with Crippen LogP contribution < -0.4 is 0 Å². The highest BCUT2D eigenvalue weighted by molar-refractivity contribution is 6.30. The third-order valence-corrected chi connectivity index (χ3v) is 0.464. The molecule has 0 unspecified atom stereocenters. The van der Waals surface area contributed by atoms with Gasteiger partial charge in [-0.3, -0.25) is 4.79 Å². The molecule has 0 aliphatic carbocycles. The van der Waals surface area contributed by atoms with Gasteiger partial charge in [-0.2, -0.15) is 0 Å². The van der Waals surface area contributed by atoms with Crippen LogP contribution in [0.5, 0.6) is 0 Å². The zero-order chi connectivity index (χ0) is 8.57. The molecular weight excluding hydrogens is 139 g/mol. The lowest BCUT2D eigenvalue weighted by Gasteiger charge is -1.79. The highest BCUT2D eigenvalue weighted by atomic mass is 16.5. The molecule has 60 valence electrons. The topological polar surface area (TPSA) is 98.0 Å². The molecule has 0 saturated heterocycles. The molecule has 4 N–H and O–H groups in total. The van der Waals surface area contributed by atoms with Crippen molar-refractivity contribution in [1.82, 2.24) is 0 Å². The minimum absolute atomic E-state index is 0.292. The second-order valence-electron chi connectivity index (χ2n) is 1.49. The van der Waals surface area contributed by atoms with Gasteiger partial charge in [0.05, 0.1) is 0 Å². The van der Waals surface area contributed by atoms with E-state index >= 15 is 0 Å². The largest absolute Gasteiger partial charge is 0.631 e. The molecule has 5 nitrogen and oxygen atoms in total. The molecule has 0 spiro atoms. The van der Waals surface area contributed by atoms with Gasteiger partial charge in [0.25, 0.3) is 0 Å². The van der Waals surface area contributed by atoms with Crippen LogP contribution in [-0.2, 0) is 4.79 Å². The standard InChI is InChI=1S/C4H8O2.BH3O3/c1-2-3-4(5)6;2-1(3)4/h2-3H2,1H3,(H,5,6);2-4H. The molecule has 0 radical (unpaired) electrons. The highest BCUT2D eigenvalue weighted by Gasteiger charge is 1.92. The third-order valence-electron chi connectivity index (χ3n) is 0.464. The van der Waals surface area contributed by atoms with Crippen molar-refractivity contribution >= 4 is 13.3 Å². The van der Waals surface area contributed by atoms with E-state index in [1.54, 1.807) is 0 Å². The van der Waals surface area contributed by atoms with Crippen LogP contribution in [0.4, 0.5) is 0 Å². The van der Waals surface area contributed by atoms with E-state index in [0.29, 0.717) is 6.42 Å². The molecule has 6 heteroatoms. The number of carboxylic acids is 1. The van der Waals surface area contributed by atoms with Crippen molar-refractivity contribution < 1.29 is 25.0 Å². The van der Waals surface area contributed by atoms with E-state index in [4.69, 9.17) is 20.2 Å². The van der Waals surface area contributed by atoms with Crippen molar-refractivity contribution in [3.8, 4) is 0 Å². The molecule has 0 amide bonds. The molecule has 0 rings (SSSR count). The molecule has 0 aromatic heterocycles. The SMILES string of the molecule is CCCC(=O)O.OB(O)O. The van der Waals surface area contributed by atoms with Gasteiger partial charge in [-0.25, -0.2) is 0 Å². The Morgan fingerprint density at radius 1 is 1.40 bits per heavy atom. The van der Waals surface area contributed by atoms with E-state index < -0.39 is 13.3 Å². The lowest BCUT2D eigenvalue weighted by atomic mass is 10.3. The number of carbonyl (C=O) groups is 1. The summed E-state index contributed by atoms with van der Waals surface area (Å²) < 4.78 is 0. The summed E-state index contributed by atoms with van der Waals surface area (Å²) in [6, 6.07) is 0. The fourth-order valence-corrected chi connectivity index (χ4v) is 0.214. The molecule has 0 aliphatic rings. The average molecular weight is 150 g/mol. The van der Waals surface area contributed by atoms with Crippen LogP contribution in [0.1, 0.15) is 19.8 Å². The first-order valence-corrected chi connectivity index (χ1v) is 2.76. The summed E-state index contributed by atoms with van der Waals surface area (Å²) in [5.41, 5.74) is 0. The van der Waals surface area contributed by atoms with Crippen LogP contribution in [0.2, 0.25) is 0 Å². The van der Waals surface area contributed by atoms with Crippen molar-refractivity contribution in [3.05, 3.63) is 0 Å². The third kappa shape index (κ3) is 52.3. The van der Waals surface area contributed by atoms with Gasteiger partial charge in [-0.05, 0) is 6.42 Å². The van der Waals surface area contributed by atoms with Crippen LogP contribution >= 0.6 is 0 Å². The van der Waals surface area contributed by atoms with Gasteiger partial charge in [0, 0.05) is 6.42 Å². The fourth-order valence-electron chi connectivity index (χ4n) is 0.214. The lowest BCUT2D eigenvalue weighted by Crippen LogP contribution is -2.07. The second kappa shape index (κ2) is 8.41. The molecular formula is C4H11BO5.